The molecule has 0 fully saturated rings. The van der Waals surface area contributed by atoms with Crippen molar-refractivity contribution in [2.45, 2.75) is 46.1 Å². The quantitative estimate of drug-likeness (QED) is 0.453. The molecule has 2 aromatic rings. The molecule has 0 radical (unpaired) electrons. The van der Waals surface area contributed by atoms with Crippen LogP contribution in [-0.4, -0.2) is 43.4 Å². The van der Waals surface area contributed by atoms with E-state index >= 15 is 0 Å². The van der Waals surface area contributed by atoms with Crippen LogP contribution in [0, 0.1) is 30.6 Å². The van der Waals surface area contributed by atoms with E-state index in [4.69, 9.17) is 0 Å². The number of Topliss-reactive ketones (excluding diaryl/α,β-unsaturated/α-hetero) is 3. The second-order valence-electron chi connectivity index (χ2n) is 10.9. The SMILES string of the molecule is CC(=O)C1=C(O)C(C(C)C)C2CC3Cc4c(-c5ccc(C)cc5)ccc(O)c4C(=O)C3=C(O)C2(O)C1=O. The van der Waals surface area contributed by atoms with Gasteiger partial charge >= 0.3 is 0 Å². The van der Waals surface area contributed by atoms with Crippen LogP contribution in [0.15, 0.2) is 59.1 Å². The molecule has 0 aromatic heterocycles. The summed E-state index contributed by atoms with van der Waals surface area (Å²) in [6.45, 7) is 6.70. The van der Waals surface area contributed by atoms with Crippen LogP contribution in [0.3, 0.4) is 0 Å². The maximum atomic E-state index is 13.8. The van der Waals surface area contributed by atoms with Crippen LogP contribution in [0.2, 0.25) is 0 Å². The van der Waals surface area contributed by atoms with Crippen LogP contribution in [0.4, 0.5) is 0 Å². The molecule has 0 saturated carbocycles. The van der Waals surface area contributed by atoms with Gasteiger partial charge in [-0.05, 0) is 61.3 Å². The zero-order valence-corrected chi connectivity index (χ0v) is 21.2. The molecule has 0 heterocycles. The molecule has 5 rings (SSSR count). The monoisotopic (exact) mass is 502 g/mol. The molecular weight excluding hydrogens is 472 g/mol. The Balaban J connectivity index is 1.72. The fraction of sp³-hybridized carbons (Fsp3) is 0.367. The number of phenols is 1. The lowest BCUT2D eigenvalue weighted by molar-refractivity contribution is -0.149. The first-order valence-electron chi connectivity index (χ1n) is 12.5. The average molecular weight is 503 g/mol. The molecule has 7 heteroatoms. The Kier molecular flexibility index (Phi) is 5.68. The van der Waals surface area contributed by atoms with Gasteiger partial charge in [-0.2, -0.15) is 0 Å². The highest BCUT2D eigenvalue weighted by atomic mass is 16.3. The first-order chi connectivity index (χ1) is 17.4. The third-order valence-electron chi connectivity index (χ3n) is 8.32. The summed E-state index contributed by atoms with van der Waals surface area (Å²) in [5, 5.41) is 44.8. The lowest BCUT2D eigenvalue weighted by Crippen LogP contribution is -2.60. The van der Waals surface area contributed by atoms with Gasteiger partial charge in [0.15, 0.2) is 17.2 Å². The summed E-state index contributed by atoms with van der Waals surface area (Å²) >= 11 is 0. The Hall–Kier alpha value is -3.71. The Labute approximate surface area is 214 Å². The van der Waals surface area contributed by atoms with Crippen molar-refractivity contribution in [3.63, 3.8) is 0 Å². The van der Waals surface area contributed by atoms with Gasteiger partial charge in [-0.3, -0.25) is 14.4 Å². The average Bonchev–Trinajstić information content (AvgIpc) is 2.82. The number of hydrogen-bond acceptors (Lipinski definition) is 7. The number of hydrogen-bond donors (Lipinski definition) is 4. The van der Waals surface area contributed by atoms with Crippen LogP contribution >= 0.6 is 0 Å². The number of benzene rings is 2. The summed E-state index contributed by atoms with van der Waals surface area (Å²) in [5.74, 6) is -6.43. The van der Waals surface area contributed by atoms with Gasteiger partial charge in [-0.25, -0.2) is 0 Å². The van der Waals surface area contributed by atoms with E-state index in [2.05, 4.69) is 0 Å². The predicted molar refractivity (Wildman–Crippen MR) is 136 cm³/mol. The van der Waals surface area contributed by atoms with Gasteiger partial charge in [-0.1, -0.05) is 49.7 Å². The van der Waals surface area contributed by atoms with E-state index in [0.29, 0.717) is 5.56 Å². The van der Waals surface area contributed by atoms with Crippen molar-refractivity contribution < 1.29 is 34.8 Å². The Morgan fingerprint density at radius 3 is 2.27 bits per heavy atom. The van der Waals surface area contributed by atoms with Gasteiger partial charge < -0.3 is 20.4 Å². The van der Waals surface area contributed by atoms with E-state index in [1.54, 1.807) is 19.9 Å². The number of aryl methyl sites for hydroxylation is 1. The molecule has 0 saturated heterocycles. The number of carbonyl (C=O) groups is 3. The lowest BCUT2D eigenvalue weighted by Gasteiger charge is -2.50. The number of aromatic hydroxyl groups is 1. The topological polar surface area (TPSA) is 132 Å². The number of ketones is 3. The van der Waals surface area contributed by atoms with Gasteiger partial charge in [0.25, 0.3) is 0 Å². The smallest absolute Gasteiger partial charge is 0.209 e. The predicted octanol–water partition coefficient (Wildman–Crippen LogP) is 4.54. The molecule has 0 amide bonds. The second-order valence-corrected chi connectivity index (χ2v) is 10.9. The molecule has 0 bridgehead atoms. The number of fused-ring (bicyclic) bond motifs is 3. The first-order valence-corrected chi connectivity index (χ1v) is 12.5. The highest BCUT2D eigenvalue weighted by Crippen LogP contribution is 2.55. The van der Waals surface area contributed by atoms with Crippen molar-refractivity contribution in [3.05, 3.63) is 75.8 Å². The number of aliphatic hydroxyl groups is 3. The molecular formula is C30H30O7. The van der Waals surface area contributed by atoms with Gasteiger partial charge in [0, 0.05) is 17.4 Å². The van der Waals surface area contributed by atoms with Crippen molar-refractivity contribution in [2.24, 2.45) is 23.7 Å². The van der Waals surface area contributed by atoms with Gasteiger partial charge in [0.1, 0.15) is 22.8 Å². The fourth-order valence-corrected chi connectivity index (χ4v) is 6.60. The summed E-state index contributed by atoms with van der Waals surface area (Å²) in [6.07, 6.45) is 0.418. The van der Waals surface area contributed by atoms with Gasteiger partial charge in [0.2, 0.25) is 5.78 Å². The molecule has 4 unspecified atom stereocenters. The van der Waals surface area contributed by atoms with E-state index in [0.717, 1.165) is 23.6 Å². The molecule has 4 atom stereocenters. The minimum atomic E-state index is -2.52. The van der Waals surface area contributed by atoms with E-state index in [1.807, 2.05) is 31.2 Å². The van der Waals surface area contributed by atoms with E-state index in [1.165, 1.54) is 6.07 Å². The minimum absolute atomic E-state index is 0.0340. The van der Waals surface area contributed by atoms with E-state index < -0.39 is 52.0 Å². The summed E-state index contributed by atoms with van der Waals surface area (Å²) in [6, 6.07) is 11.0. The highest BCUT2D eigenvalue weighted by Gasteiger charge is 2.62. The van der Waals surface area contributed by atoms with Crippen molar-refractivity contribution in [2.75, 3.05) is 0 Å². The number of aliphatic hydroxyl groups excluding tert-OH is 2. The van der Waals surface area contributed by atoms with Crippen LogP contribution in [0.1, 0.15) is 48.7 Å². The first kappa shape index (κ1) is 25.0. The molecule has 37 heavy (non-hydrogen) atoms. The van der Waals surface area contributed by atoms with E-state index in [-0.39, 0.29) is 41.4 Å². The Morgan fingerprint density at radius 2 is 1.68 bits per heavy atom. The molecule has 3 aliphatic carbocycles. The highest BCUT2D eigenvalue weighted by molar-refractivity contribution is 6.25. The summed E-state index contributed by atoms with van der Waals surface area (Å²) in [5.41, 5.74) is 0.207. The van der Waals surface area contributed by atoms with Crippen LogP contribution < -0.4 is 0 Å². The van der Waals surface area contributed by atoms with E-state index in [9.17, 15) is 34.8 Å². The van der Waals surface area contributed by atoms with Gasteiger partial charge in [-0.15, -0.1) is 0 Å². The number of phenolic OH excluding ortho intramolecular Hbond substituents is 1. The van der Waals surface area contributed by atoms with Crippen molar-refractivity contribution >= 4 is 17.3 Å². The number of rotatable bonds is 3. The maximum absolute atomic E-state index is 13.8. The molecule has 4 N–H and O–H groups in total. The van der Waals surface area contributed by atoms with Crippen LogP contribution in [0.5, 0.6) is 5.75 Å². The number of carbonyl (C=O) groups excluding carboxylic acids is 3. The second kappa shape index (κ2) is 8.42. The Bertz CT molecular complexity index is 1430. The number of allylic oxidation sites excluding steroid dienone is 2. The molecule has 7 nitrogen and oxygen atoms in total. The van der Waals surface area contributed by atoms with Crippen LogP contribution in [0.25, 0.3) is 11.1 Å². The van der Waals surface area contributed by atoms with Crippen molar-refractivity contribution in [1.29, 1.82) is 0 Å². The van der Waals surface area contributed by atoms with Crippen LogP contribution in [-0.2, 0) is 16.0 Å². The third kappa shape index (κ3) is 3.40. The third-order valence-corrected chi connectivity index (χ3v) is 8.32. The summed E-state index contributed by atoms with van der Waals surface area (Å²) in [7, 11) is 0. The lowest BCUT2D eigenvalue weighted by atomic mass is 9.55. The maximum Gasteiger partial charge on any atom is 0.209 e. The zero-order valence-electron chi connectivity index (χ0n) is 21.2. The molecule has 2 aromatic carbocycles. The summed E-state index contributed by atoms with van der Waals surface area (Å²) in [4.78, 5) is 39.6. The Morgan fingerprint density at radius 1 is 1.03 bits per heavy atom. The van der Waals surface area contributed by atoms with Crippen molar-refractivity contribution in [3.8, 4) is 16.9 Å². The molecule has 0 spiro atoms. The molecule has 3 aliphatic rings. The summed E-state index contributed by atoms with van der Waals surface area (Å²) < 4.78 is 0. The normalized spacial score (nSPS) is 27.2. The largest absolute Gasteiger partial charge is 0.511 e. The fourth-order valence-electron chi connectivity index (χ4n) is 6.60. The van der Waals surface area contributed by atoms with Crippen molar-refractivity contribution in [1.82, 2.24) is 0 Å². The standard InChI is InChI=1S/C30H30O7/c1-13(2)22-20-12-17-11-19-18(16-7-5-14(3)6-8-16)9-10-21(32)25(19)27(34)24(17)29(36)30(20,37)28(35)23(15(4)31)26(22)33/h5-10,13,17,20,22,32-33,36-37H,11-12H2,1-4H3. The minimum Gasteiger partial charge on any atom is -0.511 e. The molecule has 0 aliphatic heterocycles. The zero-order chi connectivity index (χ0) is 27.0. The van der Waals surface area contributed by atoms with Gasteiger partial charge in [0.05, 0.1) is 5.56 Å². The molecule has 192 valence electrons.